The van der Waals surface area contributed by atoms with Gasteiger partial charge in [-0.1, -0.05) is 0 Å². The molecule has 1 saturated carbocycles. The molecule has 20 heavy (non-hydrogen) atoms. The fraction of sp³-hybridized carbons (Fsp3) is 0.538. The first-order valence-electron chi connectivity index (χ1n) is 6.58. The summed E-state index contributed by atoms with van der Waals surface area (Å²) in [5, 5.41) is 0. The van der Waals surface area contributed by atoms with Crippen molar-refractivity contribution >= 4 is 21.4 Å². The zero-order valence-corrected chi connectivity index (χ0v) is 12.6. The highest BCUT2D eigenvalue weighted by atomic mass is 32.2. The molecule has 0 aliphatic heterocycles. The van der Waals surface area contributed by atoms with Crippen molar-refractivity contribution < 1.29 is 13.2 Å². The molecule has 0 aromatic heterocycles. The number of rotatable bonds is 7. The minimum absolute atomic E-state index is 0.184. The van der Waals surface area contributed by atoms with Crippen molar-refractivity contribution in [1.29, 1.82) is 0 Å². The summed E-state index contributed by atoms with van der Waals surface area (Å²) < 4.78 is 30.9. The van der Waals surface area contributed by atoms with Crippen LogP contribution in [-0.4, -0.2) is 41.8 Å². The molecule has 1 aromatic carbocycles. The molecule has 0 heterocycles. The second-order valence-corrected chi connectivity index (χ2v) is 6.73. The summed E-state index contributed by atoms with van der Waals surface area (Å²) in [6.45, 7) is 1.37. The van der Waals surface area contributed by atoms with E-state index in [0.29, 0.717) is 18.3 Å². The fourth-order valence-electron chi connectivity index (χ4n) is 2.15. The van der Waals surface area contributed by atoms with E-state index in [1.54, 1.807) is 19.2 Å². The summed E-state index contributed by atoms with van der Waals surface area (Å²) in [5.41, 5.74) is 7.39. The number of ether oxygens (including phenoxy) is 1. The fourth-order valence-corrected chi connectivity index (χ4v) is 2.92. The number of sulfonamides is 1. The summed E-state index contributed by atoms with van der Waals surface area (Å²) >= 11 is 0. The average Bonchev–Trinajstić information content (AvgIpc) is 3.25. The molecule has 112 valence electrons. The number of benzene rings is 1. The Kier molecular flexibility index (Phi) is 4.52. The molecule has 7 heteroatoms. The number of nitrogen functional groups attached to an aromatic ring is 1. The van der Waals surface area contributed by atoms with E-state index in [-0.39, 0.29) is 4.90 Å². The van der Waals surface area contributed by atoms with Crippen LogP contribution >= 0.6 is 0 Å². The highest BCUT2D eigenvalue weighted by Gasteiger charge is 2.30. The maximum Gasteiger partial charge on any atom is 0.240 e. The van der Waals surface area contributed by atoms with E-state index in [2.05, 4.69) is 9.62 Å². The third-order valence-corrected chi connectivity index (χ3v) is 4.82. The molecule has 1 aromatic rings. The Morgan fingerprint density at radius 2 is 2.15 bits per heavy atom. The molecule has 1 aliphatic rings. The summed E-state index contributed by atoms with van der Waals surface area (Å²) in [7, 11) is -0.411. The Morgan fingerprint density at radius 1 is 1.45 bits per heavy atom. The van der Waals surface area contributed by atoms with Gasteiger partial charge in [-0.05, 0) is 38.1 Å². The van der Waals surface area contributed by atoms with Crippen LogP contribution in [0.3, 0.4) is 0 Å². The summed E-state index contributed by atoms with van der Waals surface area (Å²) in [6.07, 6.45) is 2.28. The Balaban J connectivity index is 2.28. The van der Waals surface area contributed by atoms with Gasteiger partial charge in [-0.25, -0.2) is 13.1 Å². The van der Waals surface area contributed by atoms with Crippen molar-refractivity contribution in [3.63, 3.8) is 0 Å². The van der Waals surface area contributed by atoms with E-state index in [1.807, 2.05) is 0 Å². The van der Waals surface area contributed by atoms with Crippen molar-refractivity contribution in [2.75, 3.05) is 37.9 Å². The van der Waals surface area contributed by atoms with Gasteiger partial charge in [0.15, 0.2) is 0 Å². The first-order chi connectivity index (χ1) is 9.49. The highest BCUT2D eigenvalue weighted by molar-refractivity contribution is 7.89. The number of anilines is 2. The van der Waals surface area contributed by atoms with Crippen molar-refractivity contribution in [1.82, 2.24) is 4.72 Å². The monoisotopic (exact) mass is 299 g/mol. The molecule has 0 spiro atoms. The van der Waals surface area contributed by atoms with Gasteiger partial charge in [-0.3, -0.25) is 0 Å². The van der Waals surface area contributed by atoms with Gasteiger partial charge >= 0.3 is 0 Å². The first-order valence-corrected chi connectivity index (χ1v) is 8.06. The molecule has 0 bridgehead atoms. The third kappa shape index (κ3) is 3.23. The molecule has 0 unspecified atom stereocenters. The van der Waals surface area contributed by atoms with Crippen LogP contribution in [0.4, 0.5) is 11.4 Å². The zero-order valence-electron chi connectivity index (χ0n) is 11.8. The van der Waals surface area contributed by atoms with E-state index >= 15 is 0 Å². The van der Waals surface area contributed by atoms with Gasteiger partial charge in [0.05, 0.1) is 22.9 Å². The van der Waals surface area contributed by atoms with Crippen LogP contribution in [0, 0.1) is 0 Å². The molecule has 1 fully saturated rings. The zero-order chi connectivity index (χ0) is 14.8. The van der Waals surface area contributed by atoms with Gasteiger partial charge in [0.2, 0.25) is 10.0 Å². The van der Waals surface area contributed by atoms with E-state index in [1.165, 1.54) is 13.1 Å². The van der Waals surface area contributed by atoms with E-state index in [9.17, 15) is 8.42 Å². The predicted octanol–water partition coefficient (Wildman–Crippen LogP) is 0.792. The minimum atomic E-state index is -3.46. The molecule has 0 atom stereocenters. The normalized spacial score (nSPS) is 15.3. The van der Waals surface area contributed by atoms with E-state index in [0.717, 1.165) is 25.1 Å². The number of nitrogens with one attached hydrogen (secondary N) is 1. The van der Waals surface area contributed by atoms with Crippen molar-refractivity contribution in [2.24, 2.45) is 0 Å². The molecule has 0 radical (unpaired) electrons. The quantitative estimate of drug-likeness (QED) is 0.727. The van der Waals surface area contributed by atoms with Gasteiger partial charge in [-0.2, -0.15) is 0 Å². The Labute approximate surface area is 120 Å². The average molecular weight is 299 g/mol. The van der Waals surface area contributed by atoms with Crippen molar-refractivity contribution in [3.8, 4) is 0 Å². The SMILES string of the molecule is CNS(=O)(=O)c1ccc(N(CCOC)C2CC2)c(N)c1. The summed E-state index contributed by atoms with van der Waals surface area (Å²) in [5.74, 6) is 0. The lowest BCUT2D eigenvalue weighted by molar-refractivity contribution is 0.205. The van der Waals surface area contributed by atoms with Crippen LogP contribution < -0.4 is 15.4 Å². The lowest BCUT2D eigenvalue weighted by Gasteiger charge is -2.26. The van der Waals surface area contributed by atoms with E-state index < -0.39 is 10.0 Å². The van der Waals surface area contributed by atoms with E-state index in [4.69, 9.17) is 10.5 Å². The third-order valence-electron chi connectivity index (χ3n) is 3.41. The van der Waals surface area contributed by atoms with Crippen LogP contribution in [-0.2, 0) is 14.8 Å². The molecular formula is C13H21N3O3S. The topological polar surface area (TPSA) is 84.7 Å². The lowest BCUT2D eigenvalue weighted by atomic mass is 10.2. The molecule has 3 N–H and O–H groups in total. The summed E-state index contributed by atoms with van der Waals surface area (Å²) in [6, 6.07) is 5.34. The number of nitrogens with two attached hydrogens (primary N) is 1. The molecule has 0 saturated heterocycles. The molecular weight excluding hydrogens is 278 g/mol. The maximum atomic E-state index is 11.8. The number of hydrogen-bond donors (Lipinski definition) is 2. The number of methoxy groups -OCH3 is 1. The number of nitrogens with zero attached hydrogens (tertiary/aromatic N) is 1. The van der Waals surface area contributed by atoms with Crippen LogP contribution in [0.15, 0.2) is 23.1 Å². The minimum Gasteiger partial charge on any atom is -0.397 e. The Hall–Kier alpha value is -1.31. The van der Waals surface area contributed by atoms with Gasteiger partial charge < -0.3 is 15.4 Å². The first kappa shape index (κ1) is 15.1. The highest BCUT2D eigenvalue weighted by Crippen LogP contribution is 2.35. The van der Waals surface area contributed by atoms with Crippen LogP contribution in [0.1, 0.15) is 12.8 Å². The van der Waals surface area contributed by atoms with Crippen LogP contribution in [0.25, 0.3) is 0 Å². The van der Waals surface area contributed by atoms with Gasteiger partial charge in [0.25, 0.3) is 0 Å². The standard InChI is InChI=1S/C13H21N3O3S/c1-15-20(17,18)11-5-6-13(12(14)9-11)16(7-8-19-2)10-3-4-10/h5-6,9-10,15H,3-4,7-8,14H2,1-2H3. The van der Waals surface area contributed by atoms with Crippen molar-refractivity contribution in [2.45, 2.75) is 23.8 Å². The molecule has 2 rings (SSSR count). The second kappa shape index (κ2) is 5.99. The van der Waals surface area contributed by atoms with Crippen LogP contribution in [0.5, 0.6) is 0 Å². The van der Waals surface area contributed by atoms with Crippen LogP contribution in [0.2, 0.25) is 0 Å². The van der Waals surface area contributed by atoms with Gasteiger partial charge in [0, 0.05) is 19.7 Å². The predicted molar refractivity (Wildman–Crippen MR) is 79.3 cm³/mol. The lowest BCUT2D eigenvalue weighted by Crippen LogP contribution is -2.30. The second-order valence-electron chi connectivity index (χ2n) is 4.85. The molecule has 6 nitrogen and oxygen atoms in total. The number of hydrogen-bond acceptors (Lipinski definition) is 5. The molecule has 0 amide bonds. The van der Waals surface area contributed by atoms with Gasteiger partial charge in [0.1, 0.15) is 0 Å². The maximum absolute atomic E-state index is 11.8. The molecule has 1 aliphatic carbocycles. The summed E-state index contributed by atoms with van der Waals surface area (Å²) in [4.78, 5) is 2.37. The Bertz CT molecular complexity index is 570. The largest absolute Gasteiger partial charge is 0.397 e. The Morgan fingerprint density at radius 3 is 2.65 bits per heavy atom. The smallest absolute Gasteiger partial charge is 0.240 e. The van der Waals surface area contributed by atoms with Crippen molar-refractivity contribution in [3.05, 3.63) is 18.2 Å². The van der Waals surface area contributed by atoms with Gasteiger partial charge in [-0.15, -0.1) is 0 Å².